The fourth-order valence-corrected chi connectivity index (χ4v) is 4.10. The molecular formula is C17H20ClN3O3. The van der Waals surface area contributed by atoms with Gasteiger partial charge in [-0.25, -0.2) is 0 Å². The van der Waals surface area contributed by atoms with E-state index in [4.69, 9.17) is 16.3 Å². The van der Waals surface area contributed by atoms with Gasteiger partial charge in [0.15, 0.2) is 12.4 Å². The number of benzene rings is 1. The van der Waals surface area contributed by atoms with Crippen LogP contribution < -0.4 is 15.0 Å². The molecule has 128 valence electrons. The number of fused-ring (bicyclic) bond motifs is 4. The molecule has 0 aromatic heterocycles. The van der Waals surface area contributed by atoms with Gasteiger partial charge >= 0.3 is 0 Å². The van der Waals surface area contributed by atoms with E-state index in [9.17, 15) is 9.59 Å². The molecule has 7 heteroatoms. The zero-order chi connectivity index (χ0) is 16.8. The van der Waals surface area contributed by atoms with Crippen molar-refractivity contribution in [2.45, 2.75) is 18.9 Å². The van der Waals surface area contributed by atoms with Gasteiger partial charge in [0.1, 0.15) is 0 Å². The van der Waals surface area contributed by atoms with Crippen molar-refractivity contribution in [3.8, 4) is 5.75 Å². The molecule has 3 fully saturated rings. The second-order valence-electron chi connectivity index (χ2n) is 6.76. The minimum Gasteiger partial charge on any atom is -0.481 e. The lowest BCUT2D eigenvalue weighted by molar-refractivity contribution is -0.121. The molecule has 6 nitrogen and oxygen atoms in total. The number of carbonyl (C=O) groups excluding carboxylic acids is 2. The Morgan fingerprint density at radius 2 is 2.08 bits per heavy atom. The third-order valence-corrected chi connectivity index (χ3v) is 5.55. The molecule has 2 amide bonds. The monoisotopic (exact) mass is 349 g/mol. The number of carbonyl (C=O) groups is 2. The summed E-state index contributed by atoms with van der Waals surface area (Å²) in [6.45, 7) is 3.09. The summed E-state index contributed by atoms with van der Waals surface area (Å²) >= 11 is 6.16. The third kappa shape index (κ3) is 2.63. The highest BCUT2D eigenvalue weighted by atomic mass is 35.5. The number of hydrogen-bond donors (Lipinski definition) is 1. The van der Waals surface area contributed by atoms with Crippen LogP contribution in [0.5, 0.6) is 5.75 Å². The molecule has 4 aliphatic heterocycles. The highest BCUT2D eigenvalue weighted by molar-refractivity contribution is 6.31. The molecule has 2 bridgehead atoms. The summed E-state index contributed by atoms with van der Waals surface area (Å²) in [7, 11) is 1.66. The van der Waals surface area contributed by atoms with Crippen LogP contribution in [0.2, 0.25) is 5.02 Å². The first-order chi connectivity index (χ1) is 11.5. The lowest BCUT2D eigenvalue weighted by Gasteiger charge is -2.45. The molecule has 5 rings (SSSR count). The van der Waals surface area contributed by atoms with Gasteiger partial charge in [0, 0.05) is 24.7 Å². The number of anilines is 1. The highest BCUT2D eigenvalue weighted by Gasteiger charge is 2.36. The minimum atomic E-state index is -0.185. The van der Waals surface area contributed by atoms with Crippen LogP contribution >= 0.6 is 11.6 Å². The van der Waals surface area contributed by atoms with E-state index in [1.54, 1.807) is 19.2 Å². The predicted octanol–water partition coefficient (Wildman–Crippen LogP) is 1.52. The summed E-state index contributed by atoms with van der Waals surface area (Å²) in [6, 6.07) is 3.43. The number of piperidine rings is 3. The third-order valence-electron chi connectivity index (χ3n) is 5.33. The maximum Gasteiger partial charge on any atom is 0.264 e. The number of amides is 2. The van der Waals surface area contributed by atoms with Gasteiger partial charge in [-0.15, -0.1) is 0 Å². The molecule has 0 spiro atoms. The Morgan fingerprint density at radius 3 is 2.75 bits per heavy atom. The van der Waals surface area contributed by atoms with Gasteiger partial charge in [-0.2, -0.15) is 0 Å². The number of rotatable bonds is 2. The molecular weight excluding hydrogens is 330 g/mol. The summed E-state index contributed by atoms with van der Waals surface area (Å²) in [6.07, 6.45) is 2.26. The second kappa shape index (κ2) is 5.93. The van der Waals surface area contributed by atoms with E-state index in [0.717, 1.165) is 32.5 Å². The van der Waals surface area contributed by atoms with E-state index in [0.29, 0.717) is 27.9 Å². The summed E-state index contributed by atoms with van der Waals surface area (Å²) in [5, 5.41) is 3.56. The summed E-state index contributed by atoms with van der Waals surface area (Å²) in [5.74, 6) is 0.628. The molecule has 0 saturated carbocycles. The standard InChI is InChI=1S/C17H20ClN3O3/c1-20-14-7-11(18)6-12(16(14)24-9-15(20)22)17(23)19-13-8-21-4-2-10(13)3-5-21/h6-7,10,13H,2-5,8-9H2,1H3,(H,19,23)/t13-/m1/s1. The maximum atomic E-state index is 12.8. The zero-order valence-corrected chi connectivity index (χ0v) is 14.3. The predicted molar refractivity (Wildman–Crippen MR) is 90.8 cm³/mol. The van der Waals surface area contributed by atoms with Gasteiger partial charge in [0.2, 0.25) is 0 Å². The second-order valence-corrected chi connectivity index (χ2v) is 7.20. The lowest BCUT2D eigenvalue weighted by atomic mass is 9.84. The van der Waals surface area contributed by atoms with Gasteiger partial charge in [-0.1, -0.05) is 11.6 Å². The SMILES string of the molecule is CN1C(=O)COc2c(C(=O)N[C@@H]3CN4CCC3CC4)cc(Cl)cc21. The van der Waals surface area contributed by atoms with Crippen molar-refractivity contribution in [1.29, 1.82) is 0 Å². The molecule has 24 heavy (non-hydrogen) atoms. The molecule has 0 unspecified atom stereocenters. The lowest BCUT2D eigenvalue weighted by Crippen LogP contribution is -2.57. The fourth-order valence-electron chi connectivity index (χ4n) is 3.89. The summed E-state index contributed by atoms with van der Waals surface area (Å²) in [4.78, 5) is 28.5. The normalized spacial score (nSPS) is 28.3. The fraction of sp³-hybridized carbons (Fsp3) is 0.529. The topological polar surface area (TPSA) is 61.9 Å². The maximum absolute atomic E-state index is 12.8. The Morgan fingerprint density at radius 1 is 1.33 bits per heavy atom. The number of nitrogens with zero attached hydrogens (tertiary/aromatic N) is 2. The molecule has 1 aromatic carbocycles. The number of likely N-dealkylation sites (N-methyl/N-ethyl adjacent to an activating group) is 1. The van der Waals surface area contributed by atoms with Gasteiger partial charge < -0.3 is 19.9 Å². The van der Waals surface area contributed by atoms with Crippen molar-refractivity contribution in [2.75, 3.05) is 38.2 Å². The van der Waals surface area contributed by atoms with Crippen LogP contribution in [0.1, 0.15) is 23.2 Å². The van der Waals surface area contributed by atoms with Crippen molar-refractivity contribution in [3.63, 3.8) is 0 Å². The Hall–Kier alpha value is -1.79. The van der Waals surface area contributed by atoms with E-state index >= 15 is 0 Å². The smallest absolute Gasteiger partial charge is 0.264 e. The molecule has 1 aromatic rings. The first-order valence-electron chi connectivity index (χ1n) is 8.29. The summed E-state index contributed by atoms with van der Waals surface area (Å²) in [5.41, 5.74) is 0.936. The van der Waals surface area contributed by atoms with Crippen molar-refractivity contribution in [2.24, 2.45) is 5.92 Å². The first kappa shape index (κ1) is 15.7. The largest absolute Gasteiger partial charge is 0.481 e. The van der Waals surface area contributed by atoms with Crippen LogP contribution in [-0.2, 0) is 4.79 Å². The Balaban J connectivity index is 1.61. The molecule has 0 aliphatic carbocycles. The van der Waals surface area contributed by atoms with Gasteiger partial charge in [0.25, 0.3) is 11.8 Å². The van der Waals surface area contributed by atoms with Crippen LogP contribution in [0.15, 0.2) is 12.1 Å². The van der Waals surface area contributed by atoms with E-state index in [2.05, 4.69) is 10.2 Å². The van der Waals surface area contributed by atoms with Gasteiger partial charge in [0.05, 0.1) is 11.3 Å². The Kier molecular flexibility index (Phi) is 3.89. The van der Waals surface area contributed by atoms with Crippen LogP contribution in [0.25, 0.3) is 0 Å². The van der Waals surface area contributed by atoms with Crippen LogP contribution in [-0.4, -0.2) is 56.0 Å². The van der Waals surface area contributed by atoms with E-state index in [-0.39, 0.29) is 24.5 Å². The van der Waals surface area contributed by atoms with Crippen LogP contribution in [0.3, 0.4) is 0 Å². The number of ether oxygens (including phenoxy) is 1. The van der Waals surface area contributed by atoms with Gasteiger partial charge in [-0.3, -0.25) is 9.59 Å². The quantitative estimate of drug-likeness (QED) is 0.879. The minimum absolute atomic E-state index is 0.0642. The molecule has 3 saturated heterocycles. The highest BCUT2D eigenvalue weighted by Crippen LogP contribution is 2.38. The number of hydrogen-bond acceptors (Lipinski definition) is 4. The number of nitrogens with one attached hydrogen (secondary N) is 1. The van der Waals surface area contributed by atoms with E-state index in [1.807, 2.05) is 0 Å². The zero-order valence-electron chi connectivity index (χ0n) is 13.5. The average molecular weight is 350 g/mol. The molecule has 4 aliphatic rings. The van der Waals surface area contributed by atoms with E-state index < -0.39 is 0 Å². The Bertz CT molecular complexity index is 701. The van der Waals surface area contributed by atoms with Crippen molar-refractivity contribution >= 4 is 29.1 Å². The van der Waals surface area contributed by atoms with Crippen molar-refractivity contribution < 1.29 is 14.3 Å². The van der Waals surface area contributed by atoms with Gasteiger partial charge in [-0.05, 0) is 44.0 Å². The van der Waals surface area contributed by atoms with Crippen LogP contribution in [0.4, 0.5) is 5.69 Å². The number of halogens is 1. The molecule has 1 N–H and O–H groups in total. The first-order valence-corrected chi connectivity index (χ1v) is 8.67. The molecule has 4 heterocycles. The molecule has 0 radical (unpaired) electrons. The Labute approximate surface area is 145 Å². The summed E-state index contributed by atoms with van der Waals surface area (Å²) < 4.78 is 5.54. The van der Waals surface area contributed by atoms with Crippen molar-refractivity contribution in [1.82, 2.24) is 10.2 Å². The van der Waals surface area contributed by atoms with Crippen LogP contribution in [0, 0.1) is 5.92 Å². The molecule has 1 atom stereocenters. The average Bonchev–Trinajstić information content (AvgIpc) is 2.59. The van der Waals surface area contributed by atoms with E-state index in [1.165, 1.54) is 4.90 Å². The van der Waals surface area contributed by atoms with Crippen molar-refractivity contribution in [3.05, 3.63) is 22.7 Å².